The van der Waals surface area contributed by atoms with Crippen LogP contribution in [0.5, 0.6) is 11.5 Å². The van der Waals surface area contributed by atoms with Crippen LogP contribution in [0.2, 0.25) is 0 Å². The second-order valence-corrected chi connectivity index (χ2v) is 4.40. The quantitative estimate of drug-likeness (QED) is 0.762. The van der Waals surface area contributed by atoms with Crippen molar-refractivity contribution in [3.63, 3.8) is 0 Å². The van der Waals surface area contributed by atoms with Crippen LogP contribution in [0, 0.1) is 5.92 Å². The molecule has 94 valence electrons. The number of ether oxygens (including phenoxy) is 2. The average Bonchev–Trinajstić information content (AvgIpc) is 2.27. The van der Waals surface area contributed by atoms with Crippen molar-refractivity contribution in [3.8, 4) is 11.5 Å². The van der Waals surface area contributed by atoms with E-state index in [2.05, 4.69) is 6.92 Å². The summed E-state index contributed by atoms with van der Waals surface area (Å²) in [5.41, 5.74) is 1.16. The van der Waals surface area contributed by atoms with Gasteiger partial charge in [0.25, 0.3) is 0 Å². The Labute approximate surface area is 103 Å². The van der Waals surface area contributed by atoms with E-state index in [0.717, 1.165) is 23.5 Å². The van der Waals surface area contributed by atoms with Gasteiger partial charge in [0, 0.05) is 6.42 Å². The SMILES string of the molecule is COc1ccc(CC(C)CC(C)=O)cc1OC. The highest BCUT2D eigenvalue weighted by molar-refractivity contribution is 5.75. The van der Waals surface area contributed by atoms with Gasteiger partial charge >= 0.3 is 0 Å². The van der Waals surface area contributed by atoms with Gasteiger partial charge in [-0.05, 0) is 37.0 Å². The highest BCUT2D eigenvalue weighted by Gasteiger charge is 2.09. The van der Waals surface area contributed by atoms with Gasteiger partial charge in [0.05, 0.1) is 14.2 Å². The van der Waals surface area contributed by atoms with Gasteiger partial charge < -0.3 is 14.3 Å². The van der Waals surface area contributed by atoms with Crippen LogP contribution in [0.25, 0.3) is 0 Å². The number of hydrogen-bond donors (Lipinski definition) is 0. The summed E-state index contributed by atoms with van der Waals surface area (Å²) in [7, 11) is 3.25. The smallest absolute Gasteiger partial charge is 0.160 e. The van der Waals surface area contributed by atoms with Crippen LogP contribution in [-0.4, -0.2) is 20.0 Å². The molecule has 0 amide bonds. The summed E-state index contributed by atoms with van der Waals surface area (Å²) in [5, 5.41) is 0. The van der Waals surface area contributed by atoms with Crippen LogP contribution in [0.4, 0.5) is 0 Å². The number of hydrogen-bond acceptors (Lipinski definition) is 3. The zero-order valence-corrected chi connectivity index (χ0v) is 10.9. The van der Waals surface area contributed by atoms with Gasteiger partial charge in [-0.25, -0.2) is 0 Å². The van der Waals surface area contributed by atoms with Crippen LogP contribution in [0.1, 0.15) is 25.8 Å². The molecule has 1 aromatic carbocycles. The zero-order valence-electron chi connectivity index (χ0n) is 10.9. The maximum atomic E-state index is 11.0. The summed E-state index contributed by atoms with van der Waals surface area (Å²) < 4.78 is 10.4. The van der Waals surface area contributed by atoms with E-state index in [9.17, 15) is 4.79 Å². The van der Waals surface area contributed by atoms with Crippen molar-refractivity contribution in [2.24, 2.45) is 5.92 Å². The van der Waals surface area contributed by atoms with Gasteiger partial charge in [0.2, 0.25) is 0 Å². The minimum absolute atomic E-state index is 0.234. The minimum atomic E-state index is 0.234. The first-order valence-electron chi connectivity index (χ1n) is 5.77. The maximum absolute atomic E-state index is 11.0. The molecule has 0 radical (unpaired) electrons. The Morgan fingerprint density at radius 3 is 2.41 bits per heavy atom. The number of carbonyl (C=O) groups excluding carboxylic acids is 1. The molecule has 0 N–H and O–H groups in total. The molecule has 0 aliphatic carbocycles. The lowest BCUT2D eigenvalue weighted by atomic mass is 9.96. The van der Waals surface area contributed by atoms with Crippen LogP contribution in [0.15, 0.2) is 18.2 Å². The maximum Gasteiger partial charge on any atom is 0.160 e. The highest BCUT2D eigenvalue weighted by Crippen LogP contribution is 2.28. The predicted octanol–water partition coefficient (Wildman–Crippen LogP) is 2.86. The third kappa shape index (κ3) is 4.10. The third-order valence-corrected chi connectivity index (χ3v) is 2.67. The van der Waals surface area contributed by atoms with Gasteiger partial charge in [-0.2, -0.15) is 0 Å². The fourth-order valence-corrected chi connectivity index (χ4v) is 1.97. The van der Waals surface area contributed by atoms with Gasteiger partial charge in [0.15, 0.2) is 11.5 Å². The zero-order chi connectivity index (χ0) is 12.8. The molecule has 1 atom stereocenters. The summed E-state index contributed by atoms with van der Waals surface area (Å²) in [5.74, 6) is 2.05. The largest absolute Gasteiger partial charge is 0.493 e. The molecule has 1 unspecified atom stereocenters. The van der Waals surface area contributed by atoms with Crippen molar-refractivity contribution in [1.29, 1.82) is 0 Å². The van der Waals surface area contributed by atoms with Gasteiger partial charge in [-0.15, -0.1) is 0 Å². The molecular formula is C14H20O3. The molecule has 3 nitrogen and oxygen atoms in total. The first kappa shape index (κ1) is 13.6. The van der Waals surface area contributed by atoms with Crippen LogP contribution in [-0.2, 0) is 11.2 Å². The number of Topliss-reactive ketones (excluding diaryl/α,β-unsaturated/α-hetero) is 1. The molecule has 17 heavy (non-hydrogen) atoms. The van der Waals surface area contributed by atoms with Crippen molar-refractivity contribution >= 4 is 5.78 Å². The second-order valence-electron chi connectivity index (χ2n) is 4.40. The molecule has 0 saturated carbocycles. The molecule has 1 rings (SSSR count). The Morgan fingerprint density at radius 1 is 1.24 bits per heavy atom. The summed E-state index contributed by atoms with van der Waals surface area (Å²) in [6.07, 6.45) is 1.49. The van der Waals surface area contributed by atoms with E-state index in [1.165, 1.54) is 0 Å². The Bertz CT molecular complexity index is 385. The first-order chi connectivity index (χ1) is 8.06. The van der Waals surface area contributed by atoms with Crippen molar-refractivity contribution in [2.75, 3.05) is 14.2 Å². The van der Waals surface area contributed by atoms with Crippen LogP contribution in [0.3, 0.4) is 0 Å². The number of ketones is 1. The molecular weight excluding hydrogens is 216 g/mol. The monoisotopic (exact) mass is 236 g/mol. The lowest BCUT2D eigenvalue weighted by Gasteiger charge is -2.12. The highest BCUT2D eigenvalue weighted by atomic mass is 16.5. The normalized spacial score (nSPS) is 12.0. The van der Waals surface area contributed by atoms with E-state index >= 15 is 0 Å². The molecule has 3 heteroatoms. The van der Waals surface area contributed by atoms with Gasteiger partial charge in [-0.1, -0.05) is 13.0 Å². The van der Waals surface area contributed by atoms with E-state index in [0.29, 0.717) is 12.3 Å². The summed E-state index contributed by atoms with van der Waals surface area (Å²) in [6, 6.07) is 5.88. The number of carbonyl (C=O) groups is 1. The Morgan fingerprint density at radius 2 is 1.88 bits per heavy atom. The number of rotatable bonds is 6. The summed E-state index contributed by atoms with van der Waals surface area (Å²) >= 11 is 0. The van der Waals surface area contributed by atoms with Gasteiger partial charge in [0.1, 0.15) is 5.78 Å². The Balaban J connectivity index is 2.75. The molecule has 0 aromatic heterocycles. The second kappa shape index (κ2) is 6.28. The summed E-state index contributed by atoms with van der Waals surface area (Å²) in [4.78, 5) is 11.0. The van der Waals surface area contributed by atoms with Crippen molar-refractivity contribution < 1.29 is 14.3 Å². The van der Waals surface area contributed by atoms with Crippen molar-refractivity contribution in [3.05, 3.63) is 23.8 Å². The summed E-state index contributed by atoms with van der Waals surface area (Å²) in [6.45, 7) is 3.71. The standard InChI is InChI=1S/C14H20O3/c1-10(7-11(2)15)8-12-5-6-13(16-3)14(9-12)17-4/h5-6,9-10H,7-8H2,1-4H3. The molecule has 1 aromatic rings. The molecule has 0 heterocycles. The number of benzene rings is 1. The molecule has 0 spiro atoms. The fraction of sp³-hybridized carbons (Fsp3) is 0.500. The first-order valence-corrected chi connectivity index (χ1v) is 5.77. The van der Waals surface area contributed by atoms with Gasteiger partial charge in [-0.3, -0.25) is 0 Å². The molecule has 0 fully saturated rings. The van der Waals surface area contributed by atoms with E-state index in [1.54, 1.807) is 21.1 Å². The minimum Gasteiger partial charge on any atom is -0.493 e. The predicted molar refractivity (Wildman–Crippen MR) is 67.7 cm³/mol. The molecule has 0 aliphatic rings. The van der Waals surface area contributed by atoms with E-state index in [1.807, 2.05) is 18.2 Å². The fourth-order valence-electron chi connectivity index (χ4n) is 1.97. The average molecular weight is 236 g/mol. The lowest BCUT2D eigenvalue weighted by molar-refractivity contribution is -0.117. The molecule has 0 saturated heterocycles. The van der Waals surface area contributed by atoms with E-state index in [4.69, 9.17) is 9.47 Å². The molecule has 0 aliphatic heterocycles. The Kier molecular flexibility index (Phi) is 5.01. The van der Waals surface area contributed by atoms with Crippen molar-refractivity contribution in [2.45, 2.75) is 26.7 Å². The van der Waals surface area contributed by atoms with E-state index < -0.39 is 0 Å². The lowest BCUT2D eigenvalue weighted by Crippen LogP contribution is -2.05. The third-order valence-electron chi connectivity index (χ3n) is 2.67. The van der Waals surface area contributed by atoms with Crippen molar-refractivity contribution in [1.82, 2.24) is 0 Å². The topological polar surface area (TPSA) is 35.5 Å². The molecule has 0 bridgehead atoms. The van der Waals surface area contributed by atoms with Crippen LogP contribution < -0.4 is 9.47 Å². The Hall–Kier alpha value is -1.51. The van der Waals surface area contributed by atoms with Crippen LogP contribution >= 0.6 is 0 Å². The van der Waals surface area contributed by atoms with E-state index in [-0.39, 0.29) is 5.78 Å². The number of methoxy groups -OCH3 is 2.